The first-order valence-corrected chi connectivity index (χ1v) is 6.66. The van der Waals surface area contributed by atoms with Gasteiger partial charge in [0.25, 0.3) is 0 Å². The molecule has 1 aliphatic heterocycles. The summed E-state index contributed by atoms with van der Waals surface area (Å²) in [5.41, 5.74) is 1.37. The zero-order valence-corrected chi connectivity index (χ0v) is 10.3. The SMILES string of the molecule is CCCCn1cc(C2CCCCCN2)cn1. The highest BCUT2D eigenvalue weighted by atomic mass is 15.3. The second kappa shape index (κ2) is 6.04. The molecule has 16 heavy (non-hydrogen) atoms. The molecule has 1 unspecified atom stereocenters. The molecule has 2 rings (SSSR count). The molecule has 90 valence electrons. The van der Waals surface area contributed by atoms with Crippen molar-refractivity contribution in [2.75, 3.05) is 6.54 Å². The van der Waals surface area contributed by atoms with Gasteiger partial charge in [-0.05, 0) is 25.8 Å². The number of aryl methyl sites for hydroxylation is 1. The molecule has 0 saturated carbocycles. The van der Waals surface area contributed by atoms with Crippen LogP contribution in [0.4, 0.5) is 0 Å². The molecule has 0 radical (unpaired) electrons. The van der Waals surface area contributed by atoms with Crippen LogP contribution in [0.25, 0.3) is 0 Å². The lowest BCUT2D eigenvalue weighted by molar-refractivity contribution is 0.531. The molecule has 1 fully saturated rings. The molecule has 3 heteroatoms. The van der Waals surface area contributed by atoms with Crippen molar-refractivity contribution in [2.45, 2.75) is 58.0 Å². The lowest BCUT2D eigenvalue weighted by atomic mass is 10.1. The van der Waals surface area contributed by atoms with Crippen LogP contribution in [-0.2, 0) is 6.54 Å². The van der Waals surface area contributed by atoms with Crippen LogP contribution in [0.3, 0.4) is 0 Å². The van der Waals surface area contributed by atoms with Gasteiger partial charge >= 0.3 is 0 Å². The largest absolute Gasteiger partial charge is 0.310 e. The van der Waals surface area contributed by atoms with E-state index >= 15 is 0 Å². The number of unbranched alkanes of at least 4 members (excludes halogenated alkanes) is 1. The third-order valence-corrected chi connectivity index (χ3v) is 3.36. The quantitative estimate of drug-likeness (QED) is 0.847. The van der Waals surface area contributed by atoms with Crippen LogP contribution in [0.2, 0.25) is 0 Å². The molecule has 3 nitrogen and oxygen atoms in total. The van der Waals surface area contributed by atoms with E-state index in [1.54, 1.807) is 0 Å². The van der Waals surface area contributed by atoms with Crippen LogP contribution in [0, 0.1) is 0 Å². The van der Waals surface area contributed by atoms with Crippen LogP contribution >= 0.6 is 0 Å². The van der Waals surface area contributed by atoms with Crippen LogP contribution in [-0.4, -0.2) is 16.3 Å². The molecular formula is C13H23N3. The molecule has 2 heterocycles. The van der Waals surface area contributed by atoms with Crippen molar-refractivity contribution in [1.82, 2.24) is 15.1 Å². The fraction of sp³-hybridized carbons (Fsp3) is 0.769. The smallest absolute Gasteiger partial charge is 0.0537 e. The molecule has 0 spiro atoms. The Morgan fingerprint density at radius 2 is 2.38 bits per heavy atom. The zero-order chi connectivity index (χ0) is 11.2. The number of nitrogens with zero attached hydrogens (tertiary/aromatic N) is 2. The molecule has 1 N–H and O–H groups in total. The fourth-order valence-corrected chi connectivity index (χ4v) is 2.32. The summed E-state index contributed by atoms with van der Waals surface area (Å²) in [5.74, 6) is 0. The van der Waals surface area contributed by atoms with Gasteiger partial charge in [-0.2, -0.15) is 5.10 Å². The molecule has 1 aliphatic rings. The first kappa shape index (κ1) is 11.6. The standard InChI is InChI=1S/C13H23N3/c1-2-3-9-16-11-12(10-15-16)13-7-5-4-6-8-14-13/h10-11,13-14H,2-9H2,1H3. The summed E-state index contributed by atoms with van der Waals surface area (Å²) in [4.78, 5) is 0. The summed E-state index contributed by atoms with van der Waals surface area (Å²) in [6.07, 6.45) is 12.0. The Balaban J connectivity index is 1.94. The van der Waals surface area contributed by atoms with Gasteiger partial charge in [-0.3, -0.25) is 4.68 Å². The second-order valence-corrected chi connectivity index (χ2v) is 4.75. The molecule has 1 saturated heterocycles. The van der Waals surface area contributed by atoms with Crippen molar-refractivity contribution < 1.29 is 0 Å². The molecule has 1 aromatic heterocycles. The van der Waals surface area contributed by atoms with Crippen LogP contribution in [0.5, 0.6) is 0 Å². The first-order chi connectivity index (χ1) is 7.90. The third-order valence-electron chi connectivity index (χ3n) is 3.36. The predicted octanol–water partition coefficient (Wildman–Crippen LogP) is 2.89. The number of rotatable bonds is 4. The summed E-state index contributed by atoms with van der Waals surface area (Å²) in [7, 11) is 0. The number of hydrogen-bond donors (Lipinski definition) is 1. The Labute approximate surface area is 98.2 Å². The molecule has 1 atom stereocenters. The minimum absolute atomic E-state index is 0.540. The van der Waals surface area contributed by atoms with Crippen molar-refractivity contribution in [3.05, 3.63) is 18.0 Å². The maximum absolute atomic E-state index is 4.44. The van der Waals surface area contributed by atoms with Gasteiger partial charge in [-0.1, -0.05) is 26.2 Å². The molecule has 0 aliphatic carbocycles. The maximum atomic E-state index is 4.44. The lowest BCUT2D eigenvalue weighted by Crippen LogP contribution is -2.19. The minimum atomic E-state index is 0.540. The molecular weight excluding hydrogens is 198 g/mol. The summed E-state index contributed by atoms with van der Waals surface area (Å²) in [6, 6.07) is 0.540. The van der Waals surface area contributed by atoms with Crippen molar-refractivity contribution in [2.24, 2.45) is 0 Å². The lowest BCUT2D eigenvalue weighted by Gasteiger charge is -2.13. The van der Waals surface area contributed by atoms with Gasteiger partial charge < -0.3 is 5.32 Å². The van der Waals surface area contributed by atoms with Crippen LogP contribution in [0.15, 0.2) is 12.4 Å². The van der Waals surface area contributed by atoms with E-state index in [0.29, 0.717) is 6.04 Å². The summed E-state index contributed by atoms with van der Waals surface area (Å²) >= 11 is 0. The van der Waals surface area contributed by atoms with Gasteiger partial charge in [0, 0.05) is 24.3 Å². The second-order valence-electron chi connectivity index (χ2n) is 4.75. The minimum Gasteiger partial charge on any atom is -0.310 e. The molecule has 1 aromatic rings. The van der Waals surface area contributed by atoms with Crippen molar-refractivity contribution in [3.8, 4) is 0 Å². The predicted molar refractivity (Wildman–Crippen MR) is 66.3 cm³/mol. The summed E-state index contributed by atoms with van der Waals surface area (Å²) in [6.45, 7) is 4.44. The Morgan fingerprint density at radius 3 is 3.25 bits per heavy atom. The Bertz CT molecular complexity index is 298. The van der Waals surface area contributed by atoms with E-state index in [9.17, 15) is 0 Å². The average Bonchev–Trinajstić information content (AvgIpc) is 2.60. The number of hydrogen-bond acceptors (Lipinski definition) is 2. The topological polar surface area (TPSA) is 29.9 Å². The van der Waals surface area contributed by atoms with Crippen molar-refractivity contribution in [3.63, 3.8) is 0 Å². The molecule has 0 aromatic carbocycles. The van der Waals surface area contributed by atoms with Gasteiger partial charge in [0.15, 0.2) is 0 Å². The first-order valence-electron chi connectivity index (χ1n) is 6.66. The molecule has 0 bridgehead atoms. The van der Waals surface area contributed by atoms with Crippen molar-refractivity contribution >= 4 is 0 Å². The van der Waals surface area contributed by atoms with Crippen LogP contribution < -0.4 is 5.32 Å². The molecule has 0 amide bonds. The van der Waals surface area contributed by atoms with E-state index in [-0.39, 0.29) is 0 Å². The van der Waals surface area contributed by atoms with E-state index in [1.165, 1.54) is 44.1 Å². The highest BCUT2D eigenvalue weighted by Gasteiger charge is 2.14. The normalized spacial score (nSPS) is 21.9. The summed E-state index contributed by atoms with van der Waals surface area (Å²) in [5, 5.41) is 8.05. The Hall–Kier alpha value is -0.830. The number of aromatic nitrogens is 2. The fourth-order valence-electron chi connectivity index (χ4n) is 2.32. The van der Waals surface area contributed by atoms with E-state index in [1.807, 2.05) is 6.20 Å². The van der Waals surface area contributed by atoms with E-state index in [2.05, 4.69) is 28.2 Å². The Kier molecular flexibility index (Phi) is 4.40. The Morgan fingerprint density at radius 1 is 1.44 bits per heavy atom. The van der Waals surface area contributed by atoms with Gasteiger partial charge in [0.2, 0.25) is 0 Å². The maximum Gasteiger partial charge on any atom is 0.0537 e. The van der Waals surface area contributed by atoms with Gasteiger partial charge in [-0.15, -0.1) is 0 Å². The van der Waals surface area contributed by atoms with Gasteiger partial charge in [0.1, 0.15) is 0 Å². The van der Waals surface area contributed by atoms with E-state index in [0.717, 1.165) is 13.1 Å². The zero-order valence-electron chi connectivity index (χ0n) is 10.3. The number of nitrogens with one attached hydrogen (secondary N) is 1. The highest BCUT2D eigenvalue weighted by molar-refractivity contribution is 5.10. The third kappa shape index (κ3) is 3.08. The van der Waals surface area contributed by atoms with Gasteiger partial charge in [0.05, 0.1) is 6.20 Å². The average molecular weight is 221 g/mol. The van der Waals surface area contributed by atoms with E-state index < -0.39 is 0 Å². The van der Waals surface area contributed by atoms with Gasteiger partial charge in [-0.25, -0.2) is 0 Å². The van der Waals surface area contributed by atoms with Crippen molar-refractivity contribution in [1.29, 1.82) is 0 Å². The highest BCUT2D eigenvalue weighted by Crippen LogP contribution is 2.22. The van der Waals surface area contributed by atoms with Crippen LogP contribution in [0.1, 0.15) is 57.1 Å². The monoisotopic (exact) mass is 221 g/mol. The summed E-state index contributed by atoms with van der Waals surface area (Å²) < 4.78 is 2.09. The van der Waals surface area contributed by atoms with E-state index in [4.69, 9.17) is 0 Å².